The standard InChI is InChI=1S/C25H22Cl2N4O2S/c1-2-21(16-8-12-19(26)13-9-16)34(32,33)24-22(17-6-4-3-5-7-17)23(30-31(24)25(28)29)18-10-14-20(27)15-11-18/h2,4,6-15,21H,1,3,5H2,(H3,28,29). The van der Waals surface area contributed by atoms with Gasteiger partial charge in [-0.2, -0.15) is 9.78 Å². The second-order valence-corrected chi connectivity index (χ2v) is 10.6. The van der Waals surface area contributed by atoms with Gasteiger partial charge in [-0.05, 0) is 48.2 Å². The lowest BCUT2D eigenvalue weighted by Gasteiger charge is -2.18. The van der Waals surface area contributed by atoms with Crippen LogP contribution in [-0.2, 0) is 9.84 Å². The van der Waals surface area contributed by atoms with E-state index in [0.29, 0.717) is 38.0 Å². The number of hydrogen-bond acceptors (Lipinski definition) is 4. The zero-order chi connectivity index (χ0) is 24.5. The third kappa shape index (κ3) is 4.46. The summed E-state index contributed by atoms with van der Waals surface area (Å²) in [5, 5.41) is 12.4. The molecule has 34 heavy (non-hydrogen) atoms. The number of nitrogens with two attached hydrogens (primary N) is 1. The van der Waals surface area contributed by atoms with Gasteiger partial charge in [-0.1, -0.05) is 71.8 Å². The maximum Gasteiger partial charge on any atom is 0.214 e. The van der Waals surface area contributed by atoms with E-state index in [4.69, 9.17) is 34.3 Å². The number of nitrogens with zero attached hydrogens (tertiary/aromatic N) is 2. The Kier molecular flexibility index (Phi) is 6.79. The van der Waals surface area contributed by atoms with Gasteiger partial charge in [-0.3, -0.25) is 5.41 Å². The summed E-state index contributed by atoms with van der Waals surface area (Å²) in [5.74, 6) is -0.514. The van der Waals surface area contributed by atoms with Crippen LogP contribution in [0.15, 0.2) is 84.4 Å². The number of sulfone groups is 1. The van der Waals surface area contributed by atoms with Crippen LogP contribution in [0.25, 0.3) is 16.8 Å². The van der Waals surface area contributed by atoms with Crippen LogP contribution in [0.1, 0.15) is 29.2 Å². The van der Waals surface area contributed by atoms with E-state index in [1.807, 2.05) is 18.2 Å². The maximum absolute atomic E-state index is 14.1. The van der Waals surface area contributed by atoms with Crippen molar-refractivity contribution >= 4 is 44.6 Å². The molecule has 0 radical (unpaired) electrons. The van der Waals surface area contributed by atoms with Gasteiger partial charge in [0.1, 0.15) is 10.9 Å². The third-order valence-corrected chi connectivity index (χ3v) is 8.04. The van der Waals surface area contributed by atoms with Crippen molar-refractivity contribution in [3.63, 3.8) is 0 Å². The number of nitrogen functional groups attached to an aromatic ring is 1. The quantitative estimate of drug-likeness (QED) is 0.239. The molecule has 0 bridgehead atoms. The van der Waals surface area contributed by atoms with Gasteiger partial charge < -0.3 is 5.73 Å². The van der Waals surface area contributed by atoms with E-state index >= 15 is 0 Å². The third-order valence-electron chi connectivity index (χ3n) is 5.49. The molecule has 1 aromatic heterocycles. The average Bonchev–Trinajstić information content (AvgIpc) is 3.24. The number of hydrogen-bond donors (Lipinski definition) is 2. The van der Waals surface area contributed by atoms with E-state index in [0.717, 1.165) is 17.5 Å². The summed E-state index contributed by atoms with van der Waals surface area (Å²) in [6, 6.07) is 13.4. The van der Waals surface area contributed by atoms with E-state index in [9.17, 15) is 8.42 Å². The van der Waals surface area contributed by atoms with Crippen LogP contribution in [0.4, 0.5) is 0 Å². The molecule has 4 rings (SSSR count). The van der Waals surface area contributed by atoms with E-state index in [1.165, 1.54) is 6.08 Å². The summed E-state index contributed by atoms with van der Waals surface area (Å²) in [5.41, 5.74) is 8.45. The molecule has 9 heteroatoms. The number of nitrogens with one attached hydrogen (secondary N) is 1. The summed E-state index contributed by atoms with van der Waals surface area (Å²) in [7, 11) is -4.15. The molecule has 3 aromatic rings. The van der Waals surface area contributed by atoms with Crippen molar-refractivity contribution in [2.75, 3.05) is 0 Å². The zero-order valence-electron chi connectivity index (χ0n) is 18.1. The van der Waals surface area contributed by atoms with Crippen LogP contribution in [0.3, 0.4) is 0 Å². The molecule has 1 unspecified atom stereocenters. The molecule has 2 aromatic carbocycles. The Hall–Kier alpha value is -3.13. The number of aromatic nitrogens is 2. The van der Waals surface area contributed by atoms with Gasteiger partial charge in [-0.25, -0.2) is 8.42 Å². The molecule has 1 aliphatic rings. The van der Waals surface area contributed by atoms with E-state index in [2.05, 4.69) is 11.7 Å². The monoisotopic (exact) mass is 512 g/mol. The molecule has 1 heterocycles. The molecule has 0 amide bonds. The normalized spacial score (nSPS) is 14.5. The molecule has 1 aliphatic carbocycles. The van der Waals surface area contributed by atoms with E-state index < -0.39 is 21.0 Å². The molecule has 0 spiro atoms. The second-order valence-electron chi connectivity index (χ2n) is 7.72. The van der Waals surface area contributed by atoms with Gasteiger partial charge in [0.05, 0.1) is 0 Å². The van der Waals surface area contributed by atoms with Crippen molar-refractivity contribution < 1.29 is 8.42 Å². The molecule has 0 saturated heterocycles. The van der Waals surface area contributed by atoms with E-state index in [1.54, 1.807) is 48.5 Å². The Morgan fingerprint density at radius 1 is 1.09 bits per heavy atom. The Labute approximate surface area is 208 Å². The van der Waals surface area contributed by atoms with Crippen LogP contribution in [-0.4, -0.2) is 24.2 Å². The predicted octanol–water partition coefficient (Wildman–Crippen LogP) is 6.03. The molecule has 3 N–H and O–H groups in total. The number of benzene rings is 2. The highest BCUT2D eigenvalue weighted by molar-refractivity contribution is 7.91. The summed E-state index contributed by atoms with van der Waals surface area (Å²) < 4.78 is 29.3. The lowest BCUT2D eigenvalue weighted by molar-refractivity contribution is 0.581. The second kappa shape index (κ2) is 9.62. The SMILES string of the molecule is C=CC(c1ccc(Cl)cc1)S(=O)(=O)c1c(C2=CCCC=C2)c(-c2ccc(Cl)cc2)nn1C(=N)N. The minimum absolute atomic E-state index is 0.164. The largest absolute Gasteiger partial charge is 0.368 e. The van der Waals surface area contributed by atoms with Crippen molar-refractivity contribution in [1.29, 1.82) is 5.41 Å². The highest BCUT2D eigenvalue weighted by Gasteiger charge is 2.37. The molecule has 6 nitrogen and oxygen atoms in total. The summed E-state index contributed by atoms with van der Waals surface area (Å²) in [6.45, 7) is 3.77. The molecule has 0 saturated carbocycles. The number of rotatable bonds is 6. The molecular weight excluding hydrogens is 491 g/mol. The first-order chi connectivity index (χ1) is 16.2. The van der Waals surface area contributed by atoms with Gasteiger partial charge in [0, 0.05) is 21.2 Å². The van der Waals surface area contributed by atoms with Crippen LogP contribution in [0.2, 0.25) is 10.0 Å². The predicted molar refractivity (Wildman–Crippen MR) is 138 cm³/mol. The molecule has 174 valence electrons. The number of halogens is 2. The molecule has 0 fully saturated rings. The fraction of sp³-hybridized carbons (Fsp3) is 0.120. The zero-order valence-corrected chi connectivity index (χ0v) is 20.4. The van der Waals surface area contributed by atoms with Crippen LogP contribution in [0.5, 0.6) is 0 Å². The van der Waals surface area contributed by atoms with Gasteiger partial charge >= 0.3 is 0 Å². The first-order valence-corrected chi connectivity index (χ1v) is 12.8. The highest BCUT2D eigenvalue weighted by Crippen LogP contribution is 2.40. The maximum atomic E-state index is 14.1. The minimum Gasteiger partial charge on any atom is -0.368 e. The van der Waals surface area contributed by atoms with Crippen LogP contribution >= 0.6 is 23.2 Å². The smallest absolute Gasteiger partial charge is 0.214 e. The summed E-state index contributed by atoms with van der Waals surface area (Å²) in [6.07, 6.45) is 8.76. The fourth-order valence-electron chi connectivity index (χ4n) is 3.91. The highest BCUT2D eigenvalue weighted by atomic mass is 35.5. The van der Waals surface area contributed by atoms with Crippen molar-refractivity contribution in [2.24, 2.45) is 5.73 Å². The summed E-state index contributed by atoms with van der Waals surface area (Å²) in [4.78, 5) is 0. The van der Waals surface area contributed by atoms with Crippen molar-refractivity contribution in [2.45, 2.75) is 23.1 Å². The minimum atomic E-state index is -4.15. The van der Waals surface area contributed by atoms with Gasteiger partial charge in [0.25, 0.3) is 0 Å². The van der Waals surface area contributed by atoms with Crippen LogP contribution in [0, 0.1) is 5.41 Å². The first-order valence-electron chi connectivity index (χ1n) is 10.5. The topological polar surface area (TPSA) is 102 Å². The number of allylic oxidation sites excluding steroid dienone is 4. The molecular formula is C25H22Cl2N4O2S. The van der Waals surface area contributed by atoms with Gasteiger partial charge in [-0.15, -0.1) is 6.58 Å². The summed E-state index contributed by atoms with van der Waals surface area (Å²) >= 11 is 12.1. The lowest BCUT2D eigenvalue weighted by atomic mass is 9.97. The Morgan fingerprint density at radius 2 is 1.71 bits per heavy atom. The van der Waals surface area contributed by atoms with Crippen LogP contribution < -0.4 is 5.73 Å². The Balaban J connectivity index is 2.04. The Morgan fingerprint density at radius 3 is 2.24 bits per heavy atom. The van der Waals surface area contributed by atoms with E-state index in [-0.39, 0.29) is 5.03 Å². The van der Waals surface area contributed by atoms with Crippen molar-refractivity contribution in [3.05, 3.63) is 101 Å². The fourth-order valence-corrected chi connectivity index (χ4v) is 6.05. The molecule has 0 aliphatic heterocycles. The first kappa shape index (κ1) is 24.0. The molecule has 1 atom stereocenters. The van der Waals surface area contributed by atoms with Crippen molar-refractivity contribution in [1.82, 2.24) is 9.78 Å². The Bertz CT molecular complexity index is 1420. The van der Waals surface area contributed by atoms with Gasteiger partial charge in [0.15, 0.2) is 5.03 Å². The van der Waals surface area contributed by atoms with Gasteiger partial charge in [0.2, 0.25) is 15.8 Å². The average molecular weight is 513 g/mol. The lowest BCUT2D eigenvalue weighted by Crippen LogP contribution is -2.27. The van der Waals surface area contributed by atoms with Crippen molar-refractivity contribution in [3.8, 4) is 11.3 Å².